The number of β-lactam (4-membered cyclic amide) rings is 1. The maximum Gasteiger partial charge on any atom is 0.413 e. The lowest BCUT2D eigenvalue weighted by atomic mass is 10.0. The quantitative estimate of drug-likeness (QED) is 0.365. The van der Waals surface area contributed by atoms with Crippen molar-refractivity contribution in [2.24, 2.45) is 0 Å². The molecule has 0 saturated carbocycles. The fourth-order valence-corrected chi connectivity index (χ4v) is 3.94. The van der Waals surface area contributed by atoms with Crippen molar-refractivity contribution in [2.45, 2.75) is 45.6 Å². The first-order valence-corrected chi connectivity index (χ1v) is 10.9. The van der Waals surface area contributed by atoms with E-state index in [2.05, 4.69) is 0 Å². The molecule has 1 N–H and O–H groups in total. The number of fused-ring (bicyclic) bond motifs is 1. The summed E-state index contributed by atoms with van der Waals surface area (Å²) < 4.78 is 16.1. The number of nitrogens with zero attached hydrogens (tertiary/aromatic N) is 2. The topological polar surface area (TPSA) is 123 Å². The number of carboxylic acids is 1. The van der Waals surface area contributed by atoms with Crippen LogP contribution >= 0.6 is 0 Å². The lowest BCUT2D eigenvalue weighted by molar-refractivity contribution is -0.174. The summed E-state index contributed by atoms with van der Waals surface area (Å²) in [6.45, 7) is 3.12. The van der Waals surface area contributed by atoms with Crippen LogP contribution in [0.3, 0.4) is 0 Å². The summed E-state index contributed by atoms with van der Waals surface area (Å²) in [6, 6.07) is 16.6. The molecule has 10 heteroatoms. The Morgan fingerprint density at radius 3 is 1.97 bits per heavy atom. The van der Waals surface area contributed by atoms with Crippen LogP contribution < -0.4 is 0 Å². The lowest BCUT2D eigenvalue weighted by Gasteiger charge is -2.43. The monoisotopic (exact) mass is 480 g/mol. The number of rotatable bonds is 7. The Balaban J connectivity index is 1.49. The second-order valence-corrected chi connectivity index (χ2v) is 8.23. The predicted molar refractivity (Wildman–Crippen MR) is 120 cm³/mol. The average Bonchev–Trinajstić information content (AvgIpc) is 3.21. The van der Waals surface area contributed by atoms with Gasteiger partial charge in [-0.2, -0.15) is 0 Å². The molecule has 0 aromatic heterocycles. The molecule has 35 heavy (non-hydrogen) atoms. The highest BCUT2D eigenvalue weighted by Crippen LogP contribution is 2.39. The molecule has 2 heterocycles. The molecule has 4 rings (SSSR count). The lowest BCUT2D eigenvalue weighted by Crippen LogP contribution is -2.67. The zero-order valence-electron chi connectivity index (χ0n) is 19.1. The summed E-state index contributed by atoms with van der Waals surface area (Å²) in [7, 11) is 0. The van der Waals surface area contributed by atoms with Crippen LogP contribution in [0.4, 0.5) is 4.79 Å². The van der Waals surface area contributed by atoms with E-state index in [-0.39, 0.29) is 18.9 Å². The van der Waals surface area contributed by atoms with Crippen molar-refractivity contribution >= 4 is 23.9 Å². The third-order valence-electron chi connectivity index (χ3n) is 5.58. The molecule has 2 saturated heterocycles. The molecular formula is C25H24N2O8. The van der Waals surface area contributed by atoms with Gasteiger partial charge in [0.1, 0.15) is 18.9 Å². The Kier molecular flexibility index (Phi) is 6.83. The summed E-state index contributed by atoms with van der Waals surface area (Å²) in [5.74, 6) is -2.89. The minimum atomic E-state index is -1.75. The first kappa shape index (κ1) is 24.0. The Morgan fingerprint density at radius 1 is 0.914 bits per heavy atom. The molecule has 2 amide bonds. The van der Waals surface area contributed by atoms with Gasteiger partial charge in [0.15, 0.2) is 12.3 Å². The number of benzene rings is 2. The second-order valence-electron chi connectivity index (χ2n) is 8.23. The Hall–Kier alpha value is -4.18. The van der Waals surface area contributed by atoms with Gasteiger partial charge in [-0.1, -0.05) is 60.7 Å². The Bertz CT molecular complexity index is 1160. The number of esters is 1. The summed E-state index contributed by atoms with van der Waals surface area (Å²) in [5.41, 5.74) is 1.86. The molecule has 182 valence electrons. The zero-order valence-corrected chi connectivity index (χ0v) is 19.1. The molecule has 0 bridgehead atoms. The van der Waals surface area contributed by atoms with Gasteiger partial charge < -0.3 is 19.3 Å². The van der Waals surface area contributed by atoms with Gasteiger partial charge in [-0.3, -0.25) is 14.6 Å². The normalized spacial score (nSPS) is 20.5. The maximum atomic E-state index is 13.1. The van der Waals surface area contributed by atoms with Crippen LogP contribution in [0, 0.1) is 0 Å². The van der Waals surface area contributed by atoms with Crippen LogP contribution in [0.2, 0.25) is 0 Å². The van der Waals surface area contributed by atoms with E-state index in [0.29, 0.717) is 11.1 Å². The van der Waals surface area contributed by atoms with Gasteiger partial charge in [-0.05, 0) is 30.5 Å². The Morgan fingerprint density at radius 2 is 1.46 bits per heavy atom. The summed E-state index contributed by atoms with van der Waals surface area (Å²) in [4.78, 5) is 52.3. The van der Waals surface area contributed by atoms with E-state index in [9.17, 15) is 24.3 Å². The second kappa shape index (κ2) is 9.98. The number of carbonyl (C=O) groups excluding carboxylic acids is 3. The maximum absolute atomic E-state index is 13.1. The number of hydrogen-bond acceptors (Lipinski definition) is 7. The summed E-state index contributed by atoms with van der Waals surface area (Å²) in [5, 5.41) is 9.61. The number of ether oxygens (including phenoxy) is 3. The molecule has 2 aliphatic heterocycles. The van der Waals surface area contributed by atoms with Gasteiger partial charge >= 0.3 is 18.0 Å². The van der Waals surface area contributed by atoms with Gasteiger partial charge in [0.2, 0.25) is 6.23 Å². The van der Waals surface area contributed by atoms with E-state index < -0.39 is 42.4 Å². The number of allylic oxidation sites excluding steroid dienone is 1. The van der Waals surface area contributed by atoms with Crippen LogP contribution in [0.5, 0.6) is 0 Å². The molecule has 3 atom stereocenters. The highest BCUT2D eigenvalue weighted by atomic mass is 16.6. The average molecular weight is 480 g/mol. The molecule has 0 radical (unpaired) electrons. The molecule has 10 nitrogen and oxygen atoms in total. The third kappa shape index (κ3) is 4.73. The van der Waals surface area contributed by atoms with Crippen molar-refractivity contribution in [1.82, 2.24) is 9.80 Å². The number of carbonyl (C=O) groups is 4. The molecule has 2 fully saturated rings. The molecule has 0 aliphatic carbocycles. The SMILES string of the molecule is CC(C)=C(C(=O)OCc1ccccc1)N1C(=O)C2C1OC(C(=O)O)N2C(=O)OCc1ccccc1. The number of carboxylic acid groups (broad SMARTS) is 1. The molecule has 2 aromatic rings. The van der Waals surface area contributed by atoms with Crippen molar-refractivity contribution < 1.29 is 38.5 Å². The van der Waals surface area contributed by atoms with E-state index in [4.69, 9.17) is 14.2 Å². The van der Waals surface area contributed by atoms with E-state index in [0.717, 1.165) is 15.4 Å². The van der Waals surface area contributed by atoms with Gasteiger partial charge in [0.25, 0.3) is 5.91 Å². The molecule has 3 unspecified atom stereocenters. The minimum absolute atomic E-state index is 0.0108. The molecular weight excluding hydrogens is 456 g/mol. The van der Waals surface area contributed by atoms with Gasteiger partial charge in [0, 0.05) is 0 Å². The van der Waals surface area contributed by atoms with Crippen LogP contribution in [0.15, 0.2) is 71.9 Å². The van der Waals surface area contributed by atoms with E-state index in [1.54, 1.807) is 68.4 Å². The van der Waals surface area contributed by atoms with Gasteiger partial charge in [-0.25, -0.2) is 14.4 Å². The largest absolute Gasteiger partial charge is 0.478 e. The number of hydrogen-bond donors (Lipinski definition) is 1. The predicted octanol–water partition coefficient (Wildman–Crippen LogP) is 2.64. The van der Waals surface area contributed by atoms with Crippen LogP contribution in [0.25, 0.3) is 0 Å². The van der Waals surface area contributed by atoms with E-state index in [1.807, 2.05) is 6.07 Å². The van der Waals surface area contributed by atoms with Crippen molar-refractivity contribution in [3.05, 3.63) is 83.1 Å². The van der Waals surface area contributed by atoms with E-state index in [1.165, 1.54) is 0 Å². The van der Waals surface area contributed by atoms with Crippen LogP contribution in [0.1, 0.15) is 25.0 Å². The number of likely N-dealkylation sites (tertiary alicyclic amines) is 1. The zero-order chi connectivity index (χ0) is 25.1. The molecule has 2 aromatic carbocycles. The fourth-order valence-electron chi connectivity index (χ4n) is 3.94. The Labute approximate surface area is 201 Å². The number of aliphatic carboxylic acids is 1. The summed E-state index contributed by atoms with van der Waals surface area (Å²) >= 11 is 0. The van der Waals surface area contributed by atoms with Crippen molar-refractivity contribution in [3.63, 3.8) is 0 Å². The molecule has 2 aliphatic rings. The number of amides is 2. The standard InChI is InChI=1S/C25H24N2O8/c1-15(2)18(24(31)33-13-16-9-5-3-6-10-16)26-20(28)19-21(26)35-22(23(29)30)27(19)25(32)34-14-17-11-7-4-8-12-17/h3-12,19,21-22H,13-14H2,1-2H3,(H,29,30). The highest BCUT2D eigenvalue weighted by molar-refractivity contribution is 6.02. The molecule has 0 spiro atoms. The first-order chi connectivity index (χ1) is 16.8. The fraction of sp³-hybridized carbons (Fsp3) is 0.280. The van der Waals surface area contributed by atoms with Gasteiger partial charge in [-0.15, -0.1) is 0 Å². The highest BCUT2D eigenvalue weighted by Gasteiger charge is 2.65. The van der Waals surface area contributed by atoms with Crippen molar-refractivity contribution in [3.8, 4) is 0 Å². The van der Waals surface area contributed by atoms with E-state index >= 15 is 0 Å². The van der Waals surface area contributed by atoms with Crippen LogP contribution in [-0.4, -0.2) is 57.3 Å². The third-order valence-corrected chi connectivity index (χ3v) is 5.58. The van der Waals surface area contributed by atoms with Gasteiger partial charge in [0.05, 0.1) is 0 Å². The first-order valence-electron chi connectivity index (χ1n) is 10.9. The van der Waals surface area contributed by atoms with Crippen LogP contribution in [-0.2, 0) is 41.8 Å². The van der Waals surface area contributed by atoms with Crippen molar-refractivity contribution in [1.29, 1.82) is 0 Å². The van der Waals surface area contributed by atoms with Crippen molar-refractivity contribution in [2.75, 3.05) is 0 Å². The smallest absolute Gasteiger partial charge is 0.413 e. The summed E-state index contributed by atoms with van der Waals surface area (Å²) in [6.07, 6.45) is -3.92. The minimum Gasteiger partial charge on any atom is -0.478 e.